The predicted molar refractivity (Wildman–Crippen MR) is 69.7 cm³/mol. The summed E-state index contributed by atoms with van der Waals surface area (Å²) in [6.45, 7) is 4.62. The normalized spacial score (nSPS) is 18.9. The first-order chi connectivity index (χ1) is 9.41. The molecule has 3 unspecified atom stereocenters. The van der Waals surface area contributed by atoms with Crippen molar-refractivity contribution in [3.05, 3.63) is 35.4 Å². The second-order valence-electron chi connectivity index (χ2n) is 4.56. The summed E-state index contributed by atoms with van der Waals surface area (Å²) in [7, 11) is 0. The molecule has 6 nitrogen and oxygen atoms in total. The van der Waals surface area contributed by atoms with Crippen LogP contribution in [0, 0.1) is 0 Å². The molecule has 2 rings (SSSR count). The number of aliphatic hydroxyl groups excluding tert-OH is 1. The number of ether oxygens (including phenoxy) is 2. The summed E-state index contributed by atoms with van der Waals surface area (Å²) < 4.78 is 10.4. The average Bonchev–Trinajstić information content (AvgIpc) is 2.61. The van der Waals surface area contributed by atoms with Gasteiger partial charge in [-0.3, -0.25) is 9.59 Å². The first-order valence-corrected chi connectivity index (χ1v) is 6.37. The minimum Gasteiger partial charge on any atom is -0.368 e. The molecular formula is C14H17NO5. The molecule has 1 N–H and O–H groups in total. The Morgan fingerprint density at radius 3 is 1.95 bits per heavy atom. The standard InChI is InChI=1S/C14H17NO5/c1-8(19-10(3)20-9(2)16)15-13(17)11-6-4-5-7-12(11)14(15)18/h4-10,16H,1-3H3. The Morgan fingerprint density at radius 1 is 1.00 bits per heavy atom. The molecule has 2 amide bonds. The zero-order valence-corrected chi connectivity index (χ0v) is 11.6. The second-order valence-corrected chi connectivity index (χ2v) is 4.56. The summed E-state index contributed by atoms with van der Waals surface area (Å²) >= 11 is 0. The van der Waals surface area contributed by atoms with Crippen molar-refractivity contribution in [1.29, 1.82) is 0 Å². The lowest BCUT2D eigenvalue weighted by molar-refractivity contribution is -0.238. The Balaban J connectivity index is 2.11. The third-order valence-electron chi connectivity index (χ3n) is 2.97. The zero-order chi connectivity index (χ0) is 14.9. The van der Waals surface area contributed by atoms with E-state index < -0.39 is 18.8 Å². The minimum absolute atomic E-state index is 0.372. The fraction of sp³-hybridized carbons (Fsp3) is 0.429. The summed E-state index contributed by atoms with van der Waals surface area (Å²) in [6, 6.07) is 6.63. The summed E-state index contributed by atoms with van der Waals surface area (Å²) in [5, 5.41) is 9.10. The molecule has 0 radical (unpaired) electrons. The van der Waals surface area contributed by atoms with E-state index in [1.54, 1.807) is 38.1 Å². The molecule has 0 bridgehead atoms. The highest BCUT2D eigenvalue weighted by molar-refractivity contribution is 6.21. The highest BCUT2D eigenvalue weighted by Crippen LogP contribution is 2.25. The van der Waals surface area contributed by atoms with Gasteiger partial charge >= 0.3 is 0 Å². The van der Waals surface area contributed by atoms with E-state index in [2.05, 4.69) is 0 Å². The van der Waals surface area contributed by atoms with Crippen molar-refractivity contribution in [1.82, 2.24) is 4.90 Å². The van der Waals surface area contributed by atoms with Gasteiger partial charge in [0.25, 0.3) is 11.8 Å². The number of carbonyl (C=O) groups excluding carboxylic acids is 2. The molecule has 1 aliphatic rings. The van der Waals surface area contributed by atoms with E-state index in [1.165, 1.54) is 6.92 Å². The number of amides is 2. The van der Waals surface area contributed by atoms with Gasteiger partial charge in [-0.15, -0.1) is 0 Å². The number of imide groups is 1. The van der Waals surface area contributed by atoms with Gasteiger partial charge in [0.2, 0.25) is 0 Å². The van der Waals surface area contributed by atoms with E-state index in [9.17, 15) is 9.59 Å². The maximum absolute atomic E-state index is 12.2. The van der Waals surface area contributed by atoms with Crippen LogP contribution in [-0.2, 0) is 9.47 Å². The van der Waals surface area contributed by atoms with Crippen LogP contribution in [0.3, 0.4) is 0 Å². The molecule has 1 aromatic carbocycles. The number of nitrogens with zero attached hydrogens (tertiary/aromatic N) is 1. The number of benzene rings is 1. The molecule has 20 heavy (non-hydrogen) atoms. The molecular weight excluding hydrogens is 262 g/mol. The molecule has 108 valence electrons. The van der Waals surface area contributed by atoms with E-state index in [0.29, 0.717) is 11.1 Å². The van der Waals surface area contributed by atoms with Crippen LogP contribution in [0.1, 0.15) is 41.5 Å². The Kier molecular flexibility index (Phi) is 4.17. The maximum Gasteiger partial charge on any atom is 0.263 e. The monoisotopic (exact) mass is 279 g/mol. The maximum atomic E-state index is 12.2. The van der Waals surface area contributed by atoms with Crippen LogP contribution >= 0.6 is 0 Å². The van der Waals surface area contributed by atoms with Crippen LogP contribution < -0.4 is 0 Å². The Labute approximate surface area is 116 Å². The van der Waals surface area contributed by atoms with Crippen molar-refractivity contribution < 1.29 is 24.2 Å². The van der Waals surface area contributed by atoms with Crippen LogP contribution in [0.15, 0.2) is 24.3 Å². The van der Waals surface area contributed by atoms with Crippen LogP contribution in [-0.4, -0.2) is 40.6 Å². The van der Waals surface area contributed by atoms with Crippen LogP contribution in [0.25, 0.3) is 0 Å². The number of carbonyl (C=O) groups is 2. The van der Waals surface area contributed by atoms with Crippen molar-refractivity contribution in [3.63, 3.8) is 0 Å². The Bertz CT molecular complexity index is 493. The molecule has 1 aliphatic heterocycles. The van der Waals surface area contributed by atoms with Crippen LogP contribution in [0.2, 0.25) is 0 Å². The third-order valence-corrected chi connectivity index (χ3v) is 2.97. The average molecular weight is 279 g/mol. The molecule has 1 aromatic rings. The molecule has 0 aromatic heterocycles. The van der Waals surface area contributed by atoms with Gasteiger partial charge < -0.3 is 14.6 Å². The van der Waals surface area contributed by atoms with Gasteiger partial charge in [-0.05, 0) is 32.9 Å². The highest BCUT2D eigenvalue weighted by Gasteiger charge is 2.39. The lowest BCUT2D eigenvalue weighted by Gasteiger charge is -2.26. The number of rotatable bonds is 5. The van der Waals surface area contributed by atoms with Crippen molar-refractivity contribution in [2.45, 2.75) is 39.6 Å². The molecule has 0 fully saturated rings. The third kappa shape index (κ3) is 2.72. The molecule has 0 spiro atoms. The molecule has 0 aliphatic carbocycles. The fourth-order valence-electron chi connectivity index (χ4n) is 2.19. The van der Waals surface area contributed by atoms with Crippen molar-refractivity contribution in [2.24, 2.45) is 0 Å². The lowest BCUT2D eigenvalue weighted by Crippen LogP contribution is -2.42. The van der Waals surface area contributed by atoms with Crippen LogP contribution in [0.4, 0.5) is 0 Å². The van der Waals surface area contributed by atoms with E-state index >= 15 is 0 Å². The van der Waals surface area contributed by atoms with Crippen molar-refractivity contribution in [3.8, 4) is 0 Å². The molecule has 6 heteroatoms. The first-order valence-electron chi connectivity index (χ1n) is 6.37. The summed E-state index contributed by atoms with van der Waals surface area (Å²) in [4.78, 5) is 25.4. The smallest absolute Gasteiger partial charge is 0.263 e. The predicted octanol–water partition coefficient (Wildman–Crippen LogP) is 1.35. The molecule has 1 heterocycles. The van der Waals surface area contributed by atoms with Gasteiger partial charge in [-0.2, -0.15) is 0 Å². The Hall–Kier alpha value is -1.76. The number of hydrogen-bond donors (Lipinski definition) is 1. The topological polar surface area (TPSA) is 76.1 Å². The number of aliphatic hydroxyl groups is 1. The van der Waals surface area contributed by atoms with E-state index in [4.69, 9.17) is 14.6 Å². The largest absolute Gasteiger partial charge is 0.368 e. The summed E-state index contributed by atoms with van der Waals surface area (Å²) in [5.74, 6) is -0.773. The number of fused-ring (bicyclic) bond motifs is 1. The minimum atomic E-state index is -0.987. The highest BCUT2D eigenvalue weighted by atomic mass is 16.7. The molecule has 3 atom stereocenters. The van der Waals surface area contributed by atoms with E-state index in [-0.39, 0.29) is 11.8 Å². The van der Waals surface area contributed by atoms with E-state index in [0.717, 1.165) is 4.90 Å². The van der Waals surface area contributed by atoms with Crippen molar-refractivity contribution in [2.75, 3.05) is 0 Å². The second kappa shape index (κ2) is 5.70. The zero-order valence-electron chi connectivity index (χ0n) is 11.6. The van der Waals surface area contributed by atoms with E-state index in [1.807, 2.05) is 0 Å². The summed E-state index contributed by atoms with van der Waals surface area (Å²) in [6.07, 6.45) is -2.51. The summed E-state index contributed by atoms with van der Waals surface area (Å²) in [5.41, 5.74) is 0.745. The fourth-order valence-corrected chi connectivity index (χ4v) is 2.19. The molecule has 0 saturated carbocycles. The van der Waals surface area contributed by atoms with Crippen molar-refractivity contribution >= 4 is 11.8 Å². The van der Waals surface area contributed by atoms with Gasteiger partial charge in [0.1, 0.15) is 6.23 Å². The van der Waals surface area contributed by atoms with Gasteiger partial charge in [0.15, 0.2) is 12.6 Å². The first kappa shape index (κ1) is 14.6. The van der Waals surface area contributed by atoms with Gasteiger partial charge in [0, 0.05) is 0 Å². The van der Waals surface area contributed by atoms with Gasteiger partial charge in [-0.1, -0.05) is 12.1 Å². The molecule has 0 saturated heterocycles. The Morgan fingerprint density at radius 2 is 1.50 bits per heavy atom. The quantitative estimate of drug-likeness (QED) is 0.650. The number of hydrogen-bond acceptors (Lipinski definition) is 5. The lowest BCUT2D eigenvalue weighted by atomic mass is 10.1. The van der Waals surface area contributed by atoms with Gasteiger partial charge in [-0.25, -0.2) is 4.90 Å². The van der Waals surface area contributed by atoms with Crippen LogP contribution in [0.5, 0.6) is 0 Å². The SMILES string of the molecule is CC(O)OC(C)OC(C)N1C(=O)c2ccccc2C1=O. The van der Waals surface area contributed by atoms with Gasteiger partial charge in [0.05, 0.1) is 11.1 Å².